The van der Waals surface area contributed by atoms with Crippen molar-refractivity contribution in [1.82, 2.24) is 0 Å². The summed E-state index contributed by atoms with van der Waals surface area (Å²) in [6, 6.07) is 4.28. The number of nitrogens with two attached hydrogens (primary N) is 1. The normalized spacial score (nSPS) is 27.1. The average molecular weight is 280 g/mol. The largest absolute Gasteiger partial charge is 0.493 e. The summed E-state index contributed by atoms with van der Waals surface area (Å²) in [6.07, 6.45) is 5.77. The van der Waals surface area contributed by atoms with Crippen LogP contribution >= 0.6 is 11.6 Å². The summed E-state index contributed by atoms with van der Waals surface area (Å²) < 4.78 is 5.76. The smallest absolute Gasteiger partial charge is 0.125 e. The monoisotopic (exact) mass is 279 g/mol. The maximum absolute atomic E-state index is 6.45. The van der Waals surface area contributed by atoms with Gasteiger partial charge in [0, 0.05) is 17.5 Å². The molecule has 0 radical (unpaired) electrons. The van der Waals surface area contributed by atoms with Crippen LogP contribution in [0.2, 0.25) is 5.02 Å². The molecule has 1 aromatic carbocycles. The van der Waals surface area contributed by atoms with Crippen LogP contribution in [0.25, 0.3) is 0 Å². The Morgan fingerprint density at radius 1 is 1.42 bits per heavy atom. The quantitative estimate of drug-likeness (QED) is 0.918. The van der Waals surface area contributed by atoms with E-state index in [-0.39, 0.29) is 6.04 Å². The van der Waals surface area contributed by atoms with Gasteiger partial charge in [0.15, 0.2) is 0 Å². The summed E-state index contributed by atoms with van der Waals surface area (Å²) in [4.78, 5) is 0. The minimum absolute atomic E-state index is 0.226. The van der Waals surface area contributed by atoms with Crippen molar-refractivity contribution in [3.63, 3.8) is 0 Å². The first kappa shape index (κ1) is 13.3. The van der Waals surface area contributed by atoms with E-state index in [1.165, 1.54) is 30.4 Å². The van der Waals surface area contributed by atoms with E-state index in [1.54, 1.807) is 0 Å². The summed E-state index contributed by atoms with van der Waals surface area (Å²) >= 11 is 6.20. The standard InChI is InChI=1S/C16H22ClNO/c1-10-3-2-4-14(10)15(18)9-12-8-13(17)7-11-5-6-19-16(11)12/h7-8,10,14-15H,2-6,9,18H2,1H3. The minimum atomic E-state index is 0.226. The number of hydrogen-bond donors (Lipinski definition) is 1. The van der Waals surface area contributed by atoms with Gasteiger partial charge in [0.1, 0.15) is 5.75 Å². The van der Waals surface area contributed by atoms with E-state index in [1.807, 2.05) is 12.1 Å². The Hall–Kier alpha value is -0.730. The molecule has 0 saturated heterocycles. The zero-order valence-electron chi connectivity index (χ0n) is 11.5. The molecule has 3 heteroatoms. The van der Waals surface area contributed by atoms with Crippen LogP contribution in [0.4, 0.5) is 0 Å². The second-order valence-corrected chi connectivity index (χ2v) is 6.53. The zero-order chi connectivity index (χ0) is 13.4. The lowest BCUT2D eigenvalue weighted by Crippen LogP contribution is -2.33. The van der Waals surface area contributed by atoms with Gasteiger partial charge in [-0.05, 0) is 47.9 Å². The molecule has 1 aliphatic heterocycles. The van der Waals surface area contributed by atoms with E-state index in [0.29, 0.717) is 5.92 Å². The van der Waals surface area contributed by atoms with Crippen LogP contribution in [0.3, 0.4) is 0 Å². The number of rotatable bonds is 3. The van der Waals surface area contributed by atoms with E-state index in [9.17, 15) is 0 Å². The molecule has 2 aliphatic rings. The molecular weight excluding hydrogens is 258 g/mol. The van der Waals surface area contributed by atoms with E-state index >= 15 is 0 Å². The van der Waals surface area contributed by atoms with Gasteiger partial charge in [-0.1, -0.05) is 31.4 Å². The molecule has 0 amide bonds. The van der Waals surface area contributed by atoms with Gasteiger partial charge in [-0.2, -0.15) is 0 Å². The second-order valence-electron chi connectivity index (χ2n) is 6.09. The van der Waals surface area contributed by atoms with Gasteiger partial charge < -0.3 is 10.5 Å². The van der Waals surface area contributed by atoms with Gasteiger partial charge in [0.05, 0.1) is 6.61 Å². The van der Waals surface area contributed by atoms with Crippen molar-refractivity contribution in [2.24, 2.45) is 17.6 Å². The fourth-order valence-electron chi connectivity index (χ4n) is 3.71. The van der Waals surface area contributed by atoms with E-state index in [0.717, 1.165) is 36.1 Å². The fraction of sp³-hybridized carbons (Fsp3) is 0.625. The van der Waals surface area contributed by atoms with Crippen molar-refractivity contribution in [1.29, 1.82) is 0 Å². The summed E-state index contributed by atoms with van der Waals surface area (Å²) in [5.41, 5.74) is 8.89. The minimum Gasteiger partial charge on any atom is -0.493 e. The Balaban J connectivity index is 1.79. The first-order valence-corrected chi connectivity index (χ1v) is 7.72. The van der Waals surface area contributed by atoms with Crippen molar-refractivity contribution in [3.05, 3.63) is 28.3 Å². The molecule has 104 valence electrons. The van der Waals surface area contributed by atoms with Crippen molar-refractivity contribution in [2.75, 3.05) is 6.61 Å². The number of ether oxygens (including phenoxy) is 1. The number of benzene rings is 1. The van der Waals surface area contributed by atoms with Crippen LogP contribution in [0.1, 0.15) is 37.3 Å². The highest BCUT2D eigenvalue weighted by Gasteiger charge is 2.30. The molecule has 0 bridgehead atoms. The van der Waals surface area contributed by atoms with Gasteiger partial charge in [-0.3, -0.25) is 0 Å². The lowest BCUT2D eigenvalue weighted by atomic mass is 9.86. The van der Waals surface area contributed by atoms with E-state index in [2.05, 4.69) is 6.92 Å². The molecule has 19 heavy (non-hydrogen) atoms. The second kappa shape index (κ2) is 5.34. The molecule has 2 N–H and O–H groups in total. The third kappa shape index (κ3) is 2.61. The van der Waals surface area contributed by atoms with Crippen molar-refractivity contribution in [3.8, 4) is 5.75 Å². The van der Waals surface area contributed by atoms with Crippen molar-refractivity contribution < 1.29 is 4.74 Å². The van der Waals surface area contributed by atoms with Crippen LogP contribution in [0, 0.1) is 11.8 Å². The number of halogens is 1. The molecule has 3 unspecified atom stereocenters. The van der Waals surface area contributed by atoms with Gasteiger partial charge in [0.25, 0.3) is 0 Å². The predicted octanol–water partition coefficient (Wildman–Crippen LogP) is 3.58. The maximum Gasteiger partial charge on any atom is 0.125 e. The van der Waals surface area contributed by atoms with Gasteiger partial charge in [-0.15, -0.1) is 0 Å². The molecule has 2 nitrogen and oxygen atoms in total. The summed E-state index contributed by atoms with van der Waals surface area (Å²) in [7, 11) is 0. The molecule has 1 saturated carbocycles. The first-order valence-electron chi connectivity index (χ1n) is 7.35. The molecule has 1 aromatic rings. The summed E-state index contributed by atoms with van der Waals surface area (Å²) in [5.74, 6) is 2.45. The van der Waals surface area contributed by atoms with Crippen molar-refractivity contribution in [2.45, 2.75) is 45.1 Å². The Bertz CT molecular complexity index is 474. The Kier molecular flexibility index (Phi) is 3.72. The fourth-order valence-corrected chi connectivity index (χ4v) is 3.98. The van der Waals surface area contributed by atoms with E-state index < -0.39 is 0 Å². The predicted molar refractivity (Wildman–Crippen MR) is 78.8 cm³/mol. The lowest BCUT2D eigenvalue weighted by Gasteiger charge is -2.24. The topological polar surface area (TPSA) is 35.2 Å². The molecular formula is C16H22ClNO. The Morgan fingerprint density at radius 2 is 2.26 bits per heavy atom. The molecule has 3 atom stereocenters. The van der Waals surface area contributed by atoms with Gasteiger partial charge >= 0.3 is 0 Å². The SMILES string of the molecule is CC1CCCC1C(N)Cc1cc(Cl)cc2c1OCC2. The Labute approximate surface area is 120 Å². The van der Waals surface area contributed by atoms with E-state index in [4.69, 9.17) is 22.1 Å². The highest BCUT2D eigenvalue weighted by molar-refractivity contribution is 6.30. The molecule has 1 aliphatic carbocycles. The Morgan fingerprint density at radius 3 is 3.00 bits per heavy atom. The summed E-state index contributed by atoms with van der Waals surface area (Å²) in [6.45, 7) is 3.11. The summed E-state index contributed by atoms with van der Waals surface area (Å²) in [5, 5.41) is 0.811. The molecule has 0 aromatic heterocycles. The third-order valence-electron chi connectivity index (χ3n) is 4.76. The van der Waals surface area contributed by atoms with Crippen LogP contribution < -0.4 is 10.5 Å². The molecule has 0 spiro atoms. The van der Waals surface area contributed by atoms with Crippen LogP contribution in [0.15, 0.2) is 12.1 Å². The maximum atomic E-state index is 6.45. The zero-order valence-corrected chi connectivity index (χ0v) is 12.2. The van der Waals surface area contributed by atoms with Crippen molar-refractivity contribution >= 4 is 11.6 Å². The third-order valence-corrected chi connectivity index (χ3v) is 4.98. The van der Waals surface area contributed by atoms with Gasteiger partial charge in [-0.25, -0.2) is 0 Å². The molecule has 3 rings (SSSR count). The van der Waals surface area contributed by atoms with Crippen LogP contribution in [-0.4, -0.2) is 12.6 Å². The average Bonchev–Trinajstić information content (AvgIpc) is 2.97. The highest BCUT2D eigenvalue weighted by atomic mass is 35.5. The lowest BCUT2D eigenvalue weighted by molar-refractivity contribution is 0.331. The molecule has 1 fully saturated rings. The van der Waals surface area contributed by atoms with Gasteiger partial charge in [0.2, 0.25) is 0 Å². The highest BCUT2D eigenvalue weighted by Crippen LogP contribution is 2.37. The number of fused-ring (bicyclic) bond motifs is 1. The number of hydrogen-bond acceptors (Lipinski definition) is 2. The van der Waals surface area contributed by atoms with Crippen LogP contribution in [0.5, 0.6) is 5.75 Å². The first-order chi connectivity index (χ1) is 9.15. The van der Waals surface area contributed by atoms with Crippen LogP contribution in [-0.2, 0) is 12.8 Å². The molecule has 1 heterocycles.